The molecule has 0 unspecified atom stereocenters. The van der Waals surface area contributed by atoms with Crippen molar-refractivity contribution in [2.45, 2.75) is 56.0 Å². The minimum absolute atomic E-state index is 0.00178. The molecular weight excluding hydrogens is 546 g/mol. The first-order valence-corrected chi connectivity index (χ1v) is 15.2. The number of nitrogens with zero attached hydrogens (tertiary/aromatic N) is 5. The number of benzene rings is 1. The van der Waals surface area contributed by atoms with Gasteiger partial charge in [-0.05, 0) is 43.9 Å². The van der Waals surface area contributed by atoms with Gasteiger partial charge in [-0.3, -0.25) is 14.0 Å². The fraction of sp³-hybridized carbons (Fsp3) is 0.393. The maximum Gasteiger partial charge on any atom is 0.269 e. The van der Waals surface area contributed by atoms with Crippen LogP contribution in [0, 0.1) is 12.8 Å². The van der Waals surface area contributed by atoms with Gasteiger partial charge in [-0.1, -0.05) is 31.0 Å². The van der Waals surface area contributed by atoms with Gasteiger partial charge in [0.1, 0.15) is 17.2 Å². The number of aryl methyl sites for hydroxylation is 1. The fourth-order valence-electron chi connectivity index (χ4n) is 6.11. The first kappa shape index (κ1) is 25.8. The Morgan fingerprint density at radius 1 is 0.976 bits per heavy atom. The molecule has 3 aromatic heterocycles. The van der Waals surface area contributed by atoms with Gasteiger partial charge in [0.15, 0.2) is 11.3 Å². The molecule has 1 aliphatic carbocycles. The van der Waals surface area contributed by atoms with Gasteiger partial charge in [0.05, 0.1) is 35.9 Å². The van der Waals surface area contributed by atoms with Gasteiger partial charge >= 0.3 is 0 Å². The highest BCUT2D eigenvalue weighted by Gasteiger charge is 2.39. The zero-order valence-corrected chi connectivity index (χ0v) is 23.4. The summed E-state index contributed by atoms with van der Waals surface area (Å²) in [6.07, 6.45) is 5.40. The quantitative estimate of drug-likeness (QED) is 0.264. The van der Waals surface area contributed by atoms with Gasteiger partial charge < -0.3 is 15.4 Å². The average Bonchev–Trinajstić information content (AvgIpc) is 3.67. The third-order valence-electron chi connectivity index (χ3n) is 8.44. The summed E-state index contributed by atoms with van der Waals surface area (Å²) in [4.78, 5) is 29.3. The molecule has 0 spiro atoms. The van der Waals surface area contributed by atoms with E-state index < -0.39 is 20.9 Å². The van der Waals surface area contributed by atoms with E-state index in [1.807, 2.05) is 11.3 Å². The number of hydrogen-bond acceptors (Lipinski definition) is 10. The molecule has 5 aromatic rings. The lowest BCUT2D eigenvalue weighted by Gasteiger charge is -2.29. The van der Waals surface area contributed by atoms with E-state index >= 15 is 0 Å². The molecule has 0 amide bonds. The Hall–Kier alpha value is -4.10. The number of rotatable bonds is 8. The van der Waals surface area contributed by atoms with Crippen LogP contribution in [0.25, 0.3) is 16.8 Å². The van der Waals surface area contributed by atoms with Gasteiger partial charge in [-0.2, -0.15) is 0 Å². The van der Waals surface area contributed by atoms with Crippen LogP contribution < -0.4 is 21.5 Å². The summed E-state index contributed by atoms with van der Waals surface area (Å²) in [5.74, 6) is 0.964. The molecular formula is C28H29N7O5S. The highest BCUT2D eigenvalue weighted by molar-refractivity contribution is 7.90. The van der Waals surface area contributed by atoms with Crippen LogP contribution in [0.15, 0.2) is 57.2 Å². The molecule has 12 nitrogen and oxygen atoms in total. The maximum atomic E-state index is 13.5. The van der Waals surface area contributed by atoms with Crippen LogP contribution in [-0.4, -0.2) is 57.3 Å². The van der Waals surface area contributed by atoms with Crippen LogP contribution in [0.5, 0.6) is 0 Å². The lowest BCUT2D eigenvalue weighted by Crippen LogP contribution is -2.46. The third-order valence-corrected chi connectivity index (χ3v) is 10.1. The molecule has 2 N–H and O–H groups in total. The normalized spacial score (nSPS) is 21.6. The van der Waals surface area contributed by atoms with Gasteiger partial charge in [0, 0.05) is 18.2 Å². The summed E-state index contributed by atoms with van der Waals surface area (Å²) in [6.45, 7) is 5.05. The largest absolute Gasteiger partial charge is 0.377 e. The molecule has 1 saturated carbocycles. The Labute approximate surface area is 235 Å². The van der Waals surface area contributed by atoms with Crippen molar-refractivity contribution in [3.8, 4) is 0 Å². The average molecular weight is 576 g/mol. The highest BCUT2D eigenvalue weighted by atomic mass is 32.2. The predicted molar refractivity (Wildman–Crippen MR) is 153 cm³/mol. The van der Waals surface area contributed by atoms with E-state index in [1.54, 1.807) is 30.3 Å². The molecule has 1 saturated heterocycles. The summed E-state index contributed by atoms with van der Waals surface area (Å²) in [5.41, 5.74) is 2.08. The van der Waals surface area contributed by atoms with Gasteiger partial charge in [-0.15, -0.1) is 10.2 Å². The minimum Gasteiger partial charge on any atom is -0.377 e. The lowest BCUT2D eigenvalue weighted by molar-refractivity contribution is 0.0210. The second-order valence-electron chi connectivity index (χ2n) is 11.0. The Kier molecular flexibility index (Phi) is 5.98. The Morgan fingerprint density at radius 2 is 1.68 bits per heavy atom. The summed E-state index contributed by atoms with van der Waals surface area (Å²) in [7, 11) is -3.87. The number of nitrogens with one attached hydrogen (secondary N) is 2. The molecule has 2 aliphatic rings. The van der Waals surface area contributed by atoms with E-state index in [4.69, 9.17) is 4.74 Å². The van der Waals surface area contributed by atoms with Crippen molar-refractivity contribution in [3.05, 3.63) is 74.6 Å². The molecule has 2 fully saturated rings. The van der Waals surface area contributed by atoms with Crippen molar-refractivity contribution in [3.63, 3.8) is 0 Å². The van der Waals surface area contributed by atoms with E-state index in [2.05, 4.69) is 32.7 Å². The summed E-state index contributed by atoms with van der Waals surface area (Å²) in [5, 5.41) is 15.4. The summed E-state index contributed by atoms with van der Waals surface area (Å²) < 4.78 is 35.2. The van der Waals surface area contributed by atoms with Crippen molar-refractivity contribution < 1.29 is 13.2 Å². The van der Waals surface area contributed by atoms with E-state index in [0.717, 1.165) is 24.2 Å². The monoisotopic (exact) mass is 575 g/mol. The van der Waals surface area contributed by atoms with E-state index in [0.29, 0.717) is 47.8 Å². The smallest absolute Gasteiger partial charge is 0.269 e. The van der Waals surface area contributed by atoms with Crippen LogP contribution in [0.3, 0.4) is 0 Å². The molecule has 0 bridgehead atoms. The van der Waals surface area contributed by atoms with Gasteiger partial charge in [0.2, 0.25) is 0 Å². The zero-order chi connectivity index (χ0) is 28.5. The first-order valence-electron chi connectivity index (χ1n) is 13.7. The number of fused-ring (bicyclic) bond motifs is 3. The molecule has 0 radical (unpaired) electrons. The summed E-state index contributed by atoms with van der Waals surface area (Å²) in [6, 6.07) is 8.44. The lowest BCUT2D eigenvalue weighted by atomic mass is 9.93. The SMILES string of the molecule is CC[C@@H]1C[C@H](Nc2c(NC3COC3)c(=O)c2=O)C[C@@H]1c1nnc2cnc3c(ccn3S(=O)(=O)c3ccc(C)cc3)n12. The van der Waals surface area contributed by atoms with Crippen molar-refractivity contribution in [1.29, 1.82) is 0 Å². The number of ether oxygens (including phenoxy) is 1. The van der Waals surface area contributed by atoms with Crippen LogP contribution in [0.4, 0.5) is 11.4 Å². The molecule has 7 rings (SSSR count). The molecule has 3 atom stereocenters. The second kappa shape index (κ2) is 9.48. The number of anilines is 2. The molecule has 41 heavy (non-hydrogen) atoms. The third kappa shape index (κ3) is 4.05. The van der Waals surface area contributed by atoms with Crippen LogP contribution >= 0.6 is 0 Å². The van der Waals surface area contributed by atoms with E-state index in [1.165, 1.54) is 16.4 Å². The maximum absolute atomic E-state index is 13.5. The van der Waals surface area contributed by atoms with Crippen molar-refractivity contribution in [2.24, 2.45) is 5.92 Å². The molecule has 4 heterocycles. The van der Waals surface area contributed by atoms with E-state index in [9.17, 15) is 18.0 Å². The Balaban J connectivity index is 1.22. The zero-order valence-electron chi connectivity index (χ0n) is 22.6. The second-order valence-corrected chi connectivity index (χ2v) is 12.8. The van der Waals surface area contributed by atoms with Crippen LogP contribution in [0.2, 0.25) is 0 Å². The standard InChI is InChI=1S/C28H29N7O5S/c1-3-16-10-17(30-23-24(26(37)25(23)36)31-18-13-40-14-18)11-20(16)27-33-32-22-12-29-28-21(35(22)27)8-9-34(28)41(38,39)19-6-4-15(2)5-7-19/h4-9,12,16-18,20,30-31H,3,10-11,13-14H2,1-2H3/t16-,17+,20+/m1/s1. The highest BCUT2D eigenvalue weighted by Crippen LogP contribution is 2.43. The van der Waals surface area contributed by atoms with E-state index in [-0.39, 0.29) is 28.8 Å². The Bertz CT molecular complexity index is 1970. The minimum atomic E-state index is -3.87. The Morgan fingerprint density at radius 3 is 2.34 bits per heavy atom. The molecule has 13 heteroatoms. The van der Waals surface area contributed by atoms with Crippen LogP contribution in [0.1, 0.15) is 43.5 Å². The van der Waals surface area contributed by atoms with Gasteiger partial charge in [-0.25, -0.2) is 17.4 Å². The van der Waals surface area contributed by atoms with Crippen molar-refractivity contribution in [1.82, 2.24) is 23.6 Å². The molecule has 2 aromatic carbocycles. The number of aromatic nitrogens is 5. The predicted octanol–water partition coefficient (Wildman–Crippen LogP) is 2.42. The number of hydrogen-bond donors (Lipinski definition) is 2. The molecule has 1 aliphatic heterocycles. The van der Waals surface area contributed by atoms with Gasteiger partial charge in [0.25, 0.3) is 20.9 Å². The van der Waals surface area contributed by atoms with Crippen molar-refractivity contribution in [2.75, 3.05) is 23.8 Å². The fourth-order valence-corrected chi connectivity index (χ4v) is 7.41. The topological polar surface area (TPSA) is 150 Å². The first-order chi connectivity index (χ1) is 19.8. The van der Waals surface area contributed by atoms with Crippen molar-refractivity contribution >= 4 is 38.2 Å². The molecule has 212 valence electrons. The summed E-state index contributed by atoms with van der Waals surface area (Å²) >= 11 is 0. The van der Waals surface area contributed by atoms with Crippen LogP contribution in [-0.2, 0) is 14.8 Å².